The smallest absolute Gasteiger partial charge is 0.325 e. The summed E-state index contributed by atoms with van der Waals surface area (Å²) in [7, 11) is 0. The number of nitrogens with one attached hydrogen (secondary N) is 1. The van der Waals surface area contributed by atoms with E-state index >= 15 is 0 Å². The van der Waals surface area contributed by atoms with Crippen LogP contribution in [0.4, 0.5) is 4.79 Å². The molecule has 1 fully saturated rings. The highest BCUT2D eigenvalue weighted by molar-refractivity contribution is 6.07. The molecule has 1 atom stereocenters. The zero-order valence-electron chi connectivity index (χ0n) is 13.6. The fourth-order valence-corrected chi connectivity index (χ4v) is 2.90. The minimum absolute atomic E-state index is 0.267. The Hall–Kier alpha value is -2.70. The van der Waals surface area contributed by atoms with Gasteiger partial charge in [0.2, 0.25) is 0 Å². The van der Waals surface area contributed by atoms with Gasteiger partial charge in [-0.25, -0.2) is 9.80 Å². The van der Waals surface area contributed by atoms with E-state index in [-0.39, 0.29) is 18.4 Å². The number of benzene rings is 1. The summed E-state index contributed by atoms with van der Waals surface area (Å²) in [6.07, 6.45) is 2.03. The first-order valence-electron chi connectivity index (χ1n) is 8.15. The van der Waals surface area contributed by atoms with E-state index < -0.39 is 12.1 Å². The van der Waals surface area contributed by atoms with Crippen LogP contribution in [0.3, 0.4) is 0 Å². The van der Waals surface area contributed by atoms with Gasteiger partial charge in [-0.1, -0.05) is 43.7 Å². The van der Waals surface area contributed by atoms with E-state index in [1.165, 1.54) is 5.01 Å². The Morgan fingerprint density at radius 1 is 1.29 bits per heavy atom. The number of hydrogen-bond acceptors (Lipinski definition) is 4. The second kappa shape index (κ2) is 6.82. The highest BCUT2D eigenvalue weighted by Gasteiger charge is 2.39. The Morgan fingerprint density at radius 2 is 2.04 bits per heavy atom. The molecule has 0 aromatic heterocycles. The summed E-state index contributed by atoms with van der Waals surface area (Å²) in [5.74, 6) is -0.678. The van der Waals surface area contributed by atoms with E-state index in [0.29, 0.717) is 19.4 Å². The SMILES string of the molecule is CCC[C@@H]1NC(=O)N(CC(=O)N2CCC(c3ccccc3)=N2)C1=O. The monoisotopic (exact) mass is 328 g/mol. The Balaban J connectivity index is 1.65. The van der Waals surface area contributed by atoms with Crippen molar-refractivity contribution < 1.29 is 14.4 Å². The number of hydrazone groups is 1. The van der Waals surface area contributed by atoms with Crippen molar-refractivity contribution in [3.8, 4) is 0 Å². The van der Waals surface area contributed by atoms with Gasteiger partial charge in [-0.3, -0.25) is 14.5 Å². The van der Waals surface area contributed by atoms with E-state index in [4.69, 9.17) is 0 Å². The minimum atomic E-state index is -0.516. The van der Waals surface area contributed by atoms with Crippen molar-refractivity contribution in [1.29, 1.82) is 0 Å². The lowest BCUT2D eigenvalue weighted by Gasteiger charge is -2.16. The number of urea groups is 1. The van der Waals surface area contributed by atoms with Crippen LogP contribution in [-0.4, -0.2) is 52.6 Å². The minimum Gasteiger partial charge on any atom is -0.326 e. The second-order valence-electron chi connectivity index (χ2n) is 5.89. The number of carbonyl (C=O) groups excluding carboxylic acids is 3. The normalized spacial score (nSPS) is 20.4. The molecule has 0 saturated carbocycles. The van der Waals surface area contributed by atoms with E-state index in [1.807, 2.05) is 37.3 Å². The van der Waals surface area contributed by atoms with Gasteiger partial charge in [0.25, 0.3) is 11.8 Å². The summed E-state index contributed by atoms with van der Waals surface area (Å²) in [5, 5.41) is 8.30. The third-order valence-electron chi connectivity index (χ3n) is 4.17. The van der Waals surface area contributed by atoms with Crippen molar-refractivity contribution >= 4 is 23.6 Å². The number of rotatable bonds is 5. The van der Waals surface area contributed by atoms with Gasteiger partial charge in [-0.2, -0.15) is 5.10 Å². The van der Waals surface area contributed by atoms with Crippen molar-refractivity contribution in [2.24, 2.45) is 5.10 Å². The maximum atomic E-state index is 12.4. The Kier molecular flexibility index (Phi) is 4.59. The van der Waals surface area contributed by atoms with Gasteiger partial charge in [0, 0.05) is 6.42 Å². The molecule has 7 heteroatoms. The van der Waals surface area contributed by atoms with Gasteiger partial charge >= 0.3 is 6.03 Å². The van der Waals surface area contributed by atoms with E-state index in [9.17, 15) is 14.4 Å². The summed E-state index contributed by atoms with van der Waals surface area (Å²) in [5.41, 5.74) is 1.82. The van der Waals surface area contributed by atoms with Crippen molar-refractivity contribution in [3.63, 3.8) is 0 Å². The molecule has 4 amide bonds. The van der Waals surface area contributed by atoms with Crippen LogP contribution in [0.2, 0.25) is 0 Å². The lowest BCUT2D eigenvalue weighted by Crippen LogP contribution is -2.41. The molecule has 1 aromatic rings. The second-order valence-corrected chi connectivity index (χ2v) is 5.89. The predicted molar refractivity (Wildman–Crippen MR) is 88.2 cm³/mol. The van der Waals surface area contributed by atoms with Crippen LogP contribution in [-0.2, 0) is 9.59 Å². The summed E-state index contributed by atoms with van der Waals surface area (Å²) >= 11 is 0. The zero-order valence-corrected chi connectivity index (χ0v) is 13.6. The maximum Gasteiger partial charge on any atom is 0.325 e. The molecule has 2 aliphatic heterocycles. The van der Waals surface area contributed by atoms with Crippen LogP contribution in [0.25, 0.3) is 0 Å². The first-order chi connectivity index (χ1) is 11.6. The molecule has 2 heterocycles. The van der Waals surface area contributed by atoms with Crippen LogP contribution in [0.15, 0.2) is 35.4 Å². The quantitative estimate of drug-likeness (QED) is 0.828. The molecule has 0 radical (unpaired) electrons. The zero-order chi connectivity index (χ0) is 17.1. The molecule has 1 N–H and O–H groups in total. The van der Waals surface area contributed by atoms with Crippen LogP contribution in [0.1, 0.15) is 31.7 Å². The summed E-state index contributed by atoms with van der Waals surface area (Å²) in [6, 6.07) is 8.63. The third-order valence-corrected chi connectivity index (χ3v) is 4.17. The van der Waals surface area contributed by atoms with Crippen molar-refractivity contribution in [2.75, 3.05) is 13.1 Å². The molecule has 1 saturated heterocycles. The first-order valence-corrected chi connectivity index (χ1v) is 8.15. The van der Waals surface area contributed by atoms with Gasteiger partial charge < -0.3 is 5.32 Å². The van der Waals surface area contributed by atoms with Gasteiger partial charge in [0.15, 0.2) is 0 Å². The summed E-state index contributed by atoms with van der Waals surface area (Å²) in [4.78, 5) is 37.4. The number of carbonyl (C=O) groups is 3. The molecule has 3 rings (SSSR count). The average Bonchev–Trinajstić information content (AvgIpc) is 3.17. The Morgan fingerprint density at radius 3 is 2.75 bits per heavy atom. The van der Waals surface area contributed by atoms with Gasteiger partial charge in [-0.05, 0) is 12.0 Å². The summed E-state index contributed by atoms with van der Waals surface area (Å²) < 4.78 is 0. The third kappa shape index (κ3) is 3.15. The molecule has 126 valence electrons. The van der Waals surface area contributed by atoms with E-state index in [2.05, 4.69) is 10.4 Å². The molecule has 24 heavy (non-hydrogen) atoms. The van der Waals surface area contributed by atoms with Gasteiger partial charge in [0.1, 0.15) is 12.6 Å². The molecule has 0 unspecified atom stereocenters. The van der Waals surface area contributed by atoms with Gasteiger partial charge in [0.05, 0.1) is 12.3 Å². The average molecular weight is 328 g/mol. The molecule has 7 nitrogen and oxygen atoms in total. The predicted octanol–water partition coefficient (Wildman–Crippen LogP) is 1.34. The van der Waals surface area contributed by atoms with E-state index in [1.54, 1.807) is 0 Å². The van der Waals surface area contributed by atoms with Crippen LogP contribution in [0, 0.1) is 0 Å². The first kappa shape index (κ1) is 16.2. The number of imide groups is 1. The summed E-state index contributed by atoms with van der Waals surface area (Å²) in [6.45, 7) is 2.14. The number of amides is 4. The van der Waals surface area contributed by atoms with Crippen LogP contribution >= 0.6 is 0 Å². The maximum absolute atomic E-state index is 12.4. The highest BCUT2D eigenvalue weighted by Crippen LogP contribution is 2.16. The number of nitrogens with zero attached hydrogens (tertiary/aromatic N) is 3. The fraction of sp³-hybridized carbons (Fsp3) is 0.412. The van der Waals surface area contributed by atoms with Crippen LogP contribution < -0.4 is 5.32 Å². The molecular weight excluding hydrogens is 308 g/mol. The molecule has 2 aliphatic rings. The molecule has 0 aliphatic carbocycles. The largest absolute Gasteiger partial charge is 0.326 e. The Bertz CT molecular complexity index is 686. The van der Waals surface area contributed by atoms with Gasteiger partial charge in [-0.15, -0.1) is 0 Å². The number of hydrogen-bond donors (Lipinski definition) is 1. The highest BCUT2D eigenvalue weighted by atomic mass is 16.2. The molecule has 1 aromatic carbocycles. The standard InChI is InChI=1S/C17H20N4O3/c1-2-6-14-16(23)20(17(24)18-14)11-15(22)21-10-9-13(19-21)12-7-4-3-5-8-12/h3-5,7-8,14H,2,6,9-11H2,1H3,(H,18,24)/t14-/m0/s1. The lowest BCUT2D eigenvalue weighted by atomic mass is 10.1. The van der Waals surface area contributed by atoms with Crippen LogP contribution in [0.5, 0.6) is 0 Å². The van der Waals surface area contributed by atoms with E-state index in [0.717, 1.165) is 22.6 Å². The topological polar surface area (TPSA) is 82.1 Å². The lowest BCUT2D eigenvalue weighted by molar-refractivity contribution is -0.137. The molecule has 0 bridgehead atoms. The fourth-order valence-electron chi connectivity index (χ4n) is 2.90. The van der Waals surface area contributed by atoms with Crippen molar-refractivity contribution in [1.82, 2.24) is 15.2 Å². The molecule has 0 spiro atoms. The Labute approximate surface area is 140 Å². The molecular formula is C17H20N4O3. The van der Waals surface area contributed by atoms with Crippen molar-refractivity contribution in [2.45, 2.75) is 32.2 Å². The van der Waals surface area contributed by atoms with Crippen molar-refractivity contribution in [3.05, 3.63) is 35.9 Å².